The summed E-state index contributed by atoms with van der Waals surface area (Å²) in [5.41, 5.74) is 0. The van der Waals surface area contributed by atoms with Crippen molar-refractivity contribution in [3.8, 4) is 0 Å². The van der Waals surface area contributed by atoms with Gasteiger partial charge in [-0.05, 0) is 12.8 Å². The monoisotopic (exact) mass is 572 g/mol. The first-order valence-electron chi connectivity index (χ1n) is 12.6. The average Bonchev–Trinajstić information content (AvgIpc) is 2.73. The van der Waals surface area contributed by atoms with Gasteiger partial charge < -0.3 is 30.0 Å². The summed E-state index contributed by atoms with van der Waals surface area (Å²) in [7, 11) is -8.29. The van der Waals surface area contributed by atoms with Gasteiger partial charge in [0.2, 0.25) is 0 Å². The summed E-state index contributed by atoms with van der Waals surface area (Å²) < 4.78 is 61.7. The summed E-state index contributed by atoms with van der Waals surface area (Å²) in [5, 5.41) is 24.6. The van der Waals surface area contributed by atoms with Crippen molar-refractivity contribution in [2.75, 3.05) is 37.7 Å². The molecule has 208 valence electrons. The maximum absolute atomic E-state index is 10.3. The van der Waals surface area contributed by atoms with Crippen LogP contribution in [0.15, 0.2) is 0 Å². The van der Waals surface area contributed by atoms with Crippen LogP contribution in [0.25, 0.3) is 0 Å². The van der Waals surface area contributed by atoms with Crippen LogP contribution in [0.1, 0.15) is 90.9 Å². The van der Waals surface area contributed by atoms with E-state index in [2.05, 4.69) is 24.5 Å². The Morgan fingerprint density at radius 3 is 1.23 bits per heavy atom. The molecule has 0 aliphatic rings. The molecule has 0 spiro atoms. The Kier molecular flexibility index (Phi) is 30.6. The Hall–Kier alpha value is 0.920. The van der Waals surface area contributed by atoms with E-state index in [1.54, 1.807) is 0 Å². The van der Waals surface area contributed by atoms with Crippen LogP contribution in [0.5, 0.6) is 0 Å². The van der Waals surface area contributed by atoms with Crippen LogP contribution in [-0.4, -0.2) is 124 Å². The van der Waals surface area contributed by atoms with E-state index < -0.39 is 43.9 Å². The molecule has 0 bridgehead atoms. The Bertz CT molecular complexity index is 596. The number of unbranched alkanes of at least 4 members (excludes halogenated alkanes) is 8. The molecule has 0 amide bonds. The van der Waals surface area contributed by atoms with Crippen LogP contribution in [0.4, 0.5) is 0 Å². The van der Waals surface area contributed by atoms with Gasteiger partial charge in [0.05, 0.1) is 43.9 Å². The molecule has 35 heavy (non-hydrogen) atoms. The molecule has 0 aromatic heterocycles. The van der Waals surface area contributed by atoms with E-state index in [1.165, 1.54) is 38.5 Å². The van der Waals surface area contributed by atoms with Crippen molar-refractivity contribution in [3.63, 3.8) is 0 Å². The van der Waals surface area contributed by atoms with Crippen LogP contribution in [0.2, 0.25) is 0 Å². The van der Waals surface area contributed by atoms with E-state index in [4.69, 9.17) is 0 Å². The topological polar surface area (TPSA) is 179 Å². The van der Waals surface area contributed by atoms with E-state index >= 15 is 0 Å². The molecule has 0 aliphatic heterocycles. The van der Waals surface area contributed by atoms with Crippen LogP contribution in [-0.2, 0) is 20.2 Å². The first kappa shape index (κ1) is 40.4. The van der Waals surface area contributed by atoms with Gasteiger partial charge in [0.15, 0.2) is 0 Å². The molecule has 0 fully saturated rings. The molecule has 0 aromatic rings. The van der Waals surface area contributed by atoms with E-state index in [-0.39, 0.29) is 50.8 Å². The number of rotatable bonds is 22. The molecule has 2 unspecified atom stereocenters. The third-order valence-corrected chi connectivity index (χ3v) is 6.51. The van der Waals surface area contributed by atoms with Crippen LogP contribution < -0.4 is 10.6 Å². The Labute approximate surface area is 243 Å². The predicted octanol–water partition coefficient (Wildman–Crippen LogP) is 1.30. The van der Waals surface area contributed by atoms with Crippen molar-refractivity contribution in [1.29, 1.82) is 0 Å². The van der Waals surface area contributed by atoms with Gasteiger partial charge in [0.1, 0.15) is 0 Å². The minimum atomic E-state index is -4.14. The summed E-state index contributed by atoms with van der Waals surface area (Å²) >= 11 is 0. The van der Waals surface area contributed by atoms with E-state index in [9.17, 15) is 36.2 Å². The van der Waals surface area contributed by atoms with Gasteiger partial charge >= 0.3 is 37.7 Å². The molecule has 10 nitrogen and oxygen atoms in total. The summed E-state index contributed by atoms with van der Waals surface area (Å²) in [4.78, 5) is 0. The maximum Gasteiger partial charge on any atom is 2.00 e. The summed E-state index contributed by atoms with van der Waals surface area (Å²) in [6.07, 6.45) is 12.0. The van der Waals surface area contributed by atoms with Crippen LogP contribution >= 0.6 is 0 Å². The summed E-state index contributed by atoms with van der Waals surface area (Å²) in [5.74, 6) is -0.841. The maximum atomic E-state index is 10.3. The first-order chi connectivity index (χ1) is 15.9. The van der Waals surface area contributed by atoms with Gasteiger partial charge in [-0.3, -0.25) is 0 Å². The quantitative estimate of drug-likeness (QED) is 0.0839. The fourth-order valence-corrected chi connectivity index (χ4v) is 3.89. The van der Waals surface area contributed by atoms with E-state index in [0.29, 0.717) is 13.1 Å². The van der Waals surface area contributed by atoms with Gasteiger partial charge in [-0.25, -0.2) is 16.8 Å². The van der Waals surface area contributed by atoms with Crippen molar-refractivity contribution < 1.29 is 36.2 Å². The molecule has 13 heteroatoms. The molecule has 0 radical (unpaired) electrons. The van der Waals surface area contributed by atoms with Gasteiger partial charge in [0.25, 0.3) is 0 Å². The molecule has 2 atom stereocenters. The van der Waals surface area contributed by atoms with Crippen molar-refractivity contribution in [2.45, 2.75) is 103 Å². The molecule has 0 aromatic carbocycles. The van der Waals surface area contributed by atoms with Crippen molar-refractivity contribution in [3.05, 3.63) is 0 Å². The molecular weight excluding hydrogens is 524 g/mol. The standard InChI is InChI=1S/2C11H25NO4S.Ca/c2*1-2-3-4-5-6-7-11(13)10-12-8-9-17(14,15)16;/h2*11-13H,2-10H2,1H3,(H,14,15,16);/q;;+2/p-2. The number of aliphatic hydroxyl groups excluding tert-OH is 2. The zero-order chi connectivity index (χ0) is 26.3. The number of hydrogen-bond acceptors (Lipinski definition) is 10. The third-order valence-electron chi connectivity index (χ3n) is 5.10. The molecule has 0 saturated carbocycles. The summed E-state index contributed by atoms with van der Waals surface area (Å²) in [6, 6.07) is 0. The Morgan fingerprint density at radius 2 is 0.943 bits per heavy atom. The van der Waals surface area contributed by atoms with Crippen LogP contribution in [0, 0.1) is 0 Å². The van der Waals surface area contributed by atoms with E-state index in [0.717, 1.165) is 38.5 Å². The normalized spacial score (nSPS) is 13.4. The summed E-state index contributed by atoms with van der Waals surface area (Å²) in [6.45, 7) is 5.23. The van der Waals surface area contributed by atoms with Gasteiger partial charge in [-0.2, -0.15) is 0 Å². The second kappa shape index (κ2) is 26.5. The molecule has 0 aliphatic carbocycles. The van der Waals surface area contributed by atoms with Crippen molar-refractivity contribution in [2.24, 2.45) is 0 Å². The zero-order valence-electron chi connectivity index (χ0n) is 21.8. The minimum Gasteiger partial charge on any atom is -0.748 e. The molecule has 4 N–H and O–H groups in total. The molecule has 0 heterocycles. The smallest absolute Gasteiger partial charge is 0.748 e. The van der Waals surface area contributed by atoms with E-state index in [1.807, 2.05) is 0 Å². The van der Waals surface area contributed by atoms with Gasteiger partial charge in [-0.1, -0.05) is 78.1 Å². The largest absolute Gasteiger partial charge is 2.00 e. The molecule has 0 saturated heterocycles. The Balaban J connectivity index is -0.000000569. The predicted molar refractivity (Wildman–Crippen MR) is 139 cm³/mol. The van der Waals surface area contributed by atoms with Crippen molar-refractivity contribution in [1.82, 2.24) is 10.6 Å². The van der Waals surface area contributed by atoms with Gasteiger partial charge in [-0.15, -0.1) is 0 Å². The SMILES string of the molecule is CCCCCCCC(O)CNCCS(=O)(=O)[O-].CCCCCCCC(O)CNCCS(=O)(=O)[O-].[Ca+2]. The fourth-order valence-electron chi connectivity index (χ4n) is 3.10. The number of hydrogen-bond donors (Lipinski definition) is 4. The Morgan fingerprint density at radius 1 is 0.629 bits per heavy atom. The number of aliphatic hydroxyl groups is 2. The molecular formula is C22H48CaN2O8S2. The molecule has 0 rings (SSSR count). The average molecular weight is 573 g/mol. The first-order valence-corrected chi connectivity index (χ1v) is 15.7. The minimum absolute atomic E-state index is 0. The van der Waals surface area contributed by atoms with Gasteiger partial charge in [0, 0.05) is 26.2 Å². The second-order valence-electron chi connectivity index (χ2n) is 8.65. The fraction of sp³-hybridized carbons (Fsp3) is 1.00. The second-order valence-corrected chi connectivity index (χ2v) is 11.7. The number of nitrogens with one attached hydrogen (secondary N) is 2. The van der Waals surface area contributed by atoms with Crippen molar-refractivity contribution >= 4 is 58.0 Å². The van der Waals surface area contributed by atoms with Crippen LogP contribution in [0.3, 0.4) is 0 Å². The zero-order valence-corrected chi connectivity index (χ0v) is 25.6. The third kappa shape index (κ3) is 39.6.